The Labute approximate surface area is 145 Å². The number of nitrogens with zero attached hydrogens (tertiary/aromatic N) is 1. The molecule has 2 rings (SSSR count). The monoisotopic (exact) mass is 324 g/mol. The Hall–Kier alpha value is -2.29. The van der Waals surface area contributed by atoms with Crippen molar-refractivity contribution >= 4 is 11.6 Å². The fourth-order valence-corrected chi connectivity index (χ4v) is 2.53. The van der Waals surface area contributed by atoms with Gasteiger partial charge in [-0.2, -0.15) is 0 Å². The van der Waals surface area contributed by atoms with Gasteiger partial charge in [-0.1, -0.05) is 75.4 Å². The Balaban J connectivity index is 2.04. The zero-order chi connectivity index (χ0) is 17.7. The van der Waals surface area contributed by atoms with Crippen LogP contribution in [0, 0.1) is 5.41 Å². The Bertz CT molecular complexity index is 664. The van der Waals surface area contributed by atoms with Gasteiger partial charge in [0.1, 0.15) is 0 Å². The van der Waals surface area contributed by atoms with Gasteiger partial charge in [-0.05, 0) is 22.6 Å². The normalized spacial score (nSPS) is 17.0. The van der Waals surface area contributed by atoms with Crippen LogP contribution in [0.2, 0.25) is 0 Å². The van der Waals surface area contributed by atoms with Crippen molar-refractivity contribution in [2.45, 2.75) is 26.7 Å². The van der Waals surface area contributed by atoms with Crippen LogP contribution in [0.15, 0.2) is 54.6 Å². The maximum absolute atomic E-state index is 11.6. The summed E-state index contributed by atoms with van der Waals surface area (Å²) in [4.78, 5) is 13.2. The van der Waals surface area contributed by atoms with Crippen LogP contribution in [0.4, 0.5) is 4.79 Å². The molecule has 0 bridgehead atoms. The van der Waals surface area contributed by atoms with Gasteiger partial charge in [-0.25, -0.2) is 4.79 Å². The van der Waals surface area contributed by atoms with Crippen LogP contribution < -0.4 is 5.32 Å². The van der Waals surface area contributed by atoms with Gasteiger partial charge in [-0.3, -0.25) is 0 Å². The average Bonchev–Trinajstić information content (AvgIpc) is 2.73. The minimum atomic E-state index is -0.0541. The quantitative estimate of drug-likeness (QED) is 0.862. The second-order valence-electron chi connectivity index (χ2n) is 7.24. The van der Waals surface area contributed by atoms with Crippen molar-refractivity contribution in [3.63, 3.8) is 0 Å². The van der Waals surface area contributed by atoms with Crippen LogP contribution in [0.25, 0.3) is 5.57 Å². The average molecular weight is 324 g/mol. The van der Waals surface area contributed by atoms with E-state index in [0.717, 1.165) is 0 Å². The largest absolute Gasteiger partial charge is 0.337 e. The summed E-state index contributed by atoms with van der Waals surface area (Å²) in [6, 6.07) is 8.55. The number of hydrogen-bond acceptors (Lipinski definition) is 1. The smallest absolute Gasteiger partial charge is 0.316 e. The van der Waals surface area contributed by atoms with E-state index < -0.39 is 0 Å². The third-order valence-corrected chi connectivity index (χ3v) is 4.27. The maximum atomic E-state index is 11.6. The summed E-state index contributed by atoms with van der Waals surface area (Å²) in [5.74, 6) is 0.278. The molecule has 0 radical (unpaired) electrons. The Kier molecular flexibility index (Phi) is 5.66. The Morgan fingerprint density at radius 2 is 1.83 bits per heavy atom. The maximum Gasteiger partial charge on any atom is 0.316 e. The molecule has 0 spiro atoms. The highest BCUT2D eigenvalue weighted by molar-refractivity contribution is 5.76. The van der Waals surface area contributed by atoms with E-state index in [1.165, 1.54) is 16.7 Å². The molecule has 1 aliphatic rings. The molecule has 128 valence electrons. The van der Waals surface area contributed by atoms with Crippen LogP contribution in [-0.2, 0) is 0 Å². The van der Waals surface area contributed by atoms with Gasteiger partial charge < -0.3 is 10.2 Å². The molecule has 1 aromatic rings. The lowest BCUT2D eigenvalue weighted by atomic mass is 9.92. The molecule has 0 fully saturated rings. The molecule has 1 unspecified atom stereocenters. The van der Waals surface area contributed by atoms with Crippen molar-refractivity contribution < 1.29 is 4.79 Å². The standard InChI is InChI=1S/C21H28N2O/c1-16(15-22-20(24)23(4)5)17-8-10-19(11-9-17)18-7-6-13-21(2,3)14-12-18/h6-14,16H,15H2,1-5H3,(H,22,24). The lowest BCUT2D eigenvalue weighted by Crippen LogP contribution is -2.36. The van der Waals surface area contributed by atoms with Gasteiger partial charge >= 0.3 is 6.03 Å². The fourth-order valence-electron chi connectivity index (χ4n) is 2.53. The molecule has 1 aliphatic carbocycles. The summed E-state index contributed by atoms with van der Waals surface area (Å²) in [6.07, 6.45) is 10.9. The van der Waals surface area contributed by atoms with E-state index in [1.54, 1.807) is 19.0 Å². The van der Waals surface area contributed by atoms with Gasteiger partial charge in [0.2, 0.25) is 0 Å². The first-order chi connectivity index (χ1) is 11.3. The fraction of sp³-hybridized carbons (Fsp3) is 0.381. The minimum absolute atomic E-state index is 0.0541. The van der Waals surface area contributed by atoms with Crippen LogP contribution in [0.5, 0.6) is 0 Å². The van der Waals surface area contributed by atoms with Gasteiger partial charge in [0, 0.05) is 26.1 Å². The van der Waals surface area contributed by atoms with E-state index in [-0.39, 0.29) is 17.4 Å². The molecule has 1 atom stereocenters. The number of urea groups is 1. The van der Waals surface area contributed by atoms with Crippen molar-refractivity contribution in [3.8, 4) is 0 Å². The van der Waals surface area contributed by atoms with E-state index in [2.05, 4.69) is 80.7 Å². The van der Waals surface area contributed by atoms with Gasteiger partial charge in [-0.15, -0.1) is 0 Å². The second kappa shape index (κ2) is 7.52. The third-order valence-electron chi connectivity index (χ3n) is 4.27. The topological polar surface area (TPSA) is 32.3 Å². The lowest BCUT2D eigenvalue weighted by Gasteiger charge is -2.17. The number of rotatable bonds is 4. The zero-order valence-electron chi connectivity index (χ0n) is 15.3. The van der Waals surface area contributed by atoms with Crippen molar-refractivity contribution in [2.24, 2.45) is 5.41 Å². The molecule has 3 nitrogen and oxygen atoms in total. The van der Waals surface area contributed by atoms with E-state index in [9.17, 15) is 4.79 Å². The molecule has 24 heavy (non-hydrogen) atoms. The molecule has 0 aliphatic heterocycles. The molecule has 0 heterocycles. The van der Waals surface area contributed by atoms with Crippen LogP contribution in [-0.4, -0.2) is 31.6 Å². The van der Waals surface area contributed by atoms with Crippen LogP contribution >= 0.6 is 0 Å². The lowest BCUT2D eigenvalue weighted by molar-refractivity contribution is 0.217. The third kappa shape index (κ3) is 4.85. The van der Waals surface area contributed by atoms with E-state index in [1.807, 2.05) is 0 Å². The van der Waals surface area contributed by atoms with Crippen molar-refractivity contribution in [2.75, 3.05) is 20.6 Å². The predicted octanol–water partition coefficient (Wildman–Crippen LogP) is 4.60. The summed E-state index contributed by atoms with van der Waals surface area (Å²) in [5, 5.41) is 2.93. The van der Waals surface area contributed by atoms with Crippen molar-refractivity contribution in [1.82, 2.24) is 10.2 Å². The summed E-state index contributed by atoms with van der Waals surface area (Å²) >= 11 is 0. The molecule has 0 aromatic heterocycles. The van der Waals surface area contributed by atoms with Gasteiger partial charge in [0.15, 0.2) is 0 Å². The number of carbonyl (C=O) groups is 1. The zero-order valence-corrected chi connectivity index (χ0v) is 15.3. The summed E-state index contributed by atoms with van der Waals surface area (Å²) in [6.45, 7) is 7.16. The SMILES string of the molecule is CC(CNC(=O)N(C)C)c1ccc(C2=CC=CC(C)(C)C=C2)cc1. The van der Waals surface area contributed by atoms with Crippen LogP contribution in [0.3, 0.4) is 0 Å². The molecular formula is C21H28N2O. The minimum Gasteiger partial charge on any atom is -0.337 e. The first-order valence-electron chi connectivity index (χ1n) is 8.43. The summed E-state index contributed by atoms with van der Waals surface area (Å²) in [7, 11) is 3.50. The predicted molar refractivity (Wildman–Crippen MR) is 102 cm³/mol. The molecule has 2 amide bonds. The summed E-state index contributed by atoms with van der Waals surface area (Å²) < 4.78 is 0. The summed E-state index contributed by atoms with van der Waals surface area (Å²) in [5.41, 5.74) is 3.75. The van der Waals surface area contributed by atoms with Crippen LogP contribution in [0.1, 0.15) is 37.8 Å². The van der Waals surface area contributed by atoms with Gasteiger partial charge in [0.25, 0.3) is 0 Å². The van der Waals surface area contributed by atoms with Crippen molar-refractivity contribution in [1.29, 1.82) is 0 Å². The highest BCUT2D eigenvalue weighted by Gasteiger charge is 2.12. The second-order valence-corrected chi connectivity index (χ2v) is 7.24. The Morgan fingerprint density at radius 3 is 2.46 bits per heavy atom. The number of benzene rings is 1. The Morgan fingerprint density at radius 1 is 1.17 bits per heavy atom. The number of amides is 2. The first-order valence-corrected chi connectivity index (χ1v) is 8.43. The number of hydrogen-bond donors (Lipinski definition) is 1. The number of carbonyl (C=O) groups excluding carboxylic acids is 1. The first kappa shape index (κ1) is 18.1. The van der Waals surface area contributed by atoms with Crippen molar-refractivity contribution in [3.05, 3.63) is 65.8 Å². The van der Waals surface area contributed by atoms with Gasteiger partial charge in [0.05, 0.1) is 0 Å². The van der Waals surface area contributed by atoms with E-state index >= 15 is 0 Å². The van der Waals surface area contributed by atoms with E-state index in [0.29, 0.717) is 6.54 Å². The highest BCUT2D eigenvalue weighted by Crippen LogP contribution is 2.27. The highest BCUT2D eigenvalue weighted by atomic mass is 16.2. The molecule has 0 saturated heterocycles. The molecule has 1 aromatic carbocycles. The number of nitrogens with one attached hydrogen (secondary N) is 1. The molecular weight excluding hydrogens is 296 g/mol. The molecule has 3 heteroatoms. The number of allylic oxidation sites excluding steroid dienone is 6. The molecule has 0 saturated carbocycles. The van der Waals surface area contributed by atoms with E-state index in [4.69, 9.17) is 0 Å². The molecule has 1 N–H and O–H groups in total.